The molecule has 1 heterocycles. The Morgan fingerprint density at radius 3 is 2.71 bits per heavy atom. The van der Waals surface area contributed by atoms with Crippen LogP contribution in [0.5, 0.6) is 0 Å². The Labute approximate surface area is 101 Å². The number of aromatic nitrogens is 3. The van der Waals surface area contributed by atoms with E-state index in [-0.39, 0.29) is 17.8 Å². The summed E-state index contributed by atoms with van der Waals surface area (Å²) in [6, 6.07) is 0.0984. The maximum absolute atomic E-state index is 12.1. The van der Waals surface area contributed by atoms with Crippen molar-refractivity contribution in [2.24, 2.45) is 0 Å². The normalized spacial score (nSPS) is 10.9. The van der Waals surface area contributed by atoms with E-state index in [1.807, 2.05) is 20.8 Å². The zero-order valence-electron chi connectivity index (χ0n) is 10.9. The van der Waals surface area contributed by atoms with Gasteiger partial charge >= 0.3 is 0 Å². The number of aromatic amines is 1. The summed E-state index contributed by atoms with van der Waals surface area (Å²) in [7, 11) is 1.62. The van der Waals surface area contributed by atoms with Crippen LogP contribution in [0, 0.1) is 0 Å². The van der Waals surface area contributed by atoms with E-state index in [0.717, 1.165) is 12.2 Å². The van der Waals surface area contributed by atoms with Gasteiger partial charge in [0.1, 0.15) is 5.82 Å². The van der Waals surface area contributed by atoms with E-state index in [9.17, 15) is 4.79 Å². The van der Waals surface area contributed by atoms with Crippen molar-refractivity contribution in [3.05, 3.63) is 11.6 Å². The Balaban J connectivity index is 2.76. The average Bonchev–Trinajstić information content (AvgIpc) is 2.77. The minimum absolute atomic E-state index is 0.0984. The number of amides is 1. The summed E-state index contributed by atoms with van der Waals surface area (Å²) in [5, 5.41) is 6.68. The van der Waals surface area contributed by atoms with Crippen LogP contribution in [0.3, 0.4) is 0 Å². The van der Waals surface area contributed by atoms with Gasteiger partial charge in [0.15, 0.2) is 0 Å². The van der Waals surface area contributed by atoms with Gasteiger partial charge in [-0.2, -0.15) is 0 Å². The zero-order valence-corrected chi connectivity index (χ0v) is 10.9. The second-order valence-corrected chi connectivity index (χ2v) is 4.04. The highest BCUT2D eigenvalue weighted by molar-refractivity contribution is 5.90. The maximum Gasteiger partial charge on any atom is 0.293 e. The number of carbonyl (C=O) groups excluding carboxylic acids is 1. The van der Waals surface area contributed by atoms with Crippen LogP contribution in [-0.2, 0) is 11.2 Å². The van der Waals surface area contributed by atoms with Crippen LogP contribution in [0.25, 0.3) is 0 Å². The molecule has 0 saturated carbocycles. The van der Waals surface area contributed by atoms with Gasteiger partial charge in [-0.25, -0.2) is 4.98 Å². The topological polar surface area (TPSA) is 71.1 Å². The molecule has 6 heteroatoms. The molecule has 1 rings (SSSR count). The van der Waals surface area contributed by atoms with Gasteiger partial charge in [0.05, 0.1) is 6.61 Å². The lowest BCUT2D eigenvalue weighted by Gasteiger charge is -2.24. The minimum atomic E-state index is -0.159. The fraction of sp³-hybridized carbons (Fsp3) is 0.727. The first-order chi connectivity index (χ1) is 8.10. The van der Waals surface area contributed by atoms with Gasteiger partial charge in [-0.15, -0.1) is 5.10 Å². The highest BCUT2D eigenvalue weighted by Crippen LogP contribution is 2.05. The average molecular weight is 240 g/mol. The van der Waals surface area contributed by atoms with E-state index in [2.05, 4.69) is 15.2 Å². The fourth-order valence-corrected chi connectivity index (χ4v) is 1.46. The van der Waals surface area contributed by atoms with Gasteiger partial charge < -0.3 is 9.64 Å². The third-order valence-corrected chi connectivity index (χ3v) is 2.48. The monoisotopic (exact) mass is 240 g/mol. The molecule has 0 aliphatic heterocycles. The van der Waals surface area contributed by atoms with Crippen LogP contribution in [0.2, 0.25) is 0 Å². The number of nitrogens with zero attached hydrogens (tertiary/aromatic N) is 3. The number of rotatable bonds is 6. The predicted octanol–water partition coefficient (Wildman–Crippen LogP) is 0.864. The number of hydrogen-bond acceptors (Lipinski definition) is 4. The van der Waals surface area contributed by atoms with Crippen molar-refractivity contribution >= 4 is 5.91 Å². The molecule has 17 heavy (non-hydrogen) atoms. The highest BCUT2D eigenvalue weighted by Gasteiger charge is 2.22. The number of nitrogens with one attached hydrogen (secondary N) is 1. The lowest BCUT2D eigenvalue weighted by molar-refractivity contribution is 0.0623. The van der Waals surface area contributed by atoms with Gasteiger partial charge in [0.2, 0.25) is 5.82 Å². The lowest BCUT2D eigenvalue weighted by Crippen LogP contribution is -2.39. The largest absolute Gasteiger partial charge is 0.383 e. The summed E-state index contributed by atoms with van der Waals surface area (Å²) >= 11 is 0. The van der Waals surface area contributed by atoms with E-state index in [4.69, 9.17) is 4.74 Å². The molecule has 0 aliphatic rings. The predicted molar refractivity (Wildman–Crippen MR) is 63.8 cm³/mol. The summed E-state index contributed by atoms with van der Waals surface area (Å²) in [5.74, 6) is 0.795. The molecule has 6 nitrogen and oxygen atoms in total. The molecule has 1 N–H and O–H groups in total. The molecule has 0 fully saturated rings. The first kappa shape index (κ1) is 13.6. The van der Waals surface area contributed by atoms with Gasteiger partial charge in [-0.3, -0.25) is 9.89 Å². The van der Waals surface area contributed by atoms with Crippen LogP contribution in [0.15, 0.2) is 0 Å². The van der Waals surface area contributed by atoms with Crippen LogP contribution < -0.4 is 0 Å². The van der Waals surface area contributed by atoms with E-state index in [1.54, 1.807) is 12.0 Å². The molecular weight excluding hydrogens is 220 g/mol. The van der Waals surface area contributed by atoms with Crippen LogP contribution in [0.4, 0.5) is 0 Å². The van der Waals surface area contributed by atoms with Gasteiger partial charge in [-0.1, -0.05) is 6.92 Å². The van der Waals surface area contributed by atoms with Crippen molar-refractivity contribution in [3.8, 4) is 0 Å². The van der Waals surface area contributed by atoms with Crippen molar-refractivity contribution in [2.75, 3.05) is 20.3 Å². The summed E-state index contributed by atoms with van der Waals surface area (Å²) in [4.78, 5) is 18.0. The molecule has 0 spiro atoms. The Morgan fingerprint density at radius 1 is 1.53 bits per heavy atom. The van der Waals surface area contributed by atoms with Gasteiger partial charge in [0.25, 0.3) is 5.91 Å². The van der Waals surface area contributed by atoms with E-state index < -0.39 is 0 Å². The van der Waals surface area contributed by atoms with E-state index in [1.165, 1.54) is 0 Å². The van der Waals surface area contributed by atoms with Crippen LogP contribution >= 0.6 is 0 Å². The molecule has 0 atom stereocenters. The number of methoxy groups -OCH3 is 1. The molecule has 1 aromatic rings. The van der Waals surface area contributed by atoms with Crippen molar-refractivity contribution in [1.29, 1.82) is 0 Å². The van der Waals surface area contributed by atoms with Crippen molar-refractivity contribution < 1.29 is 9.53 Å². The smallest absolute Gasteiger partial charge is 0.293 e. The quantitative estimate of drug-likeness (QED) is 0.800. The molecule has 1 aromatic heterocycles. The second kappa shape index (κ2) is 6.34. The van der Waals surface area contributed by atoms with Gasteiger partial charge in [0, 0.05) is 26.1 Å². The maximum atomic E-state index is 12.1. The first-order valence-electron chi connectivity index (χ1n) is 5.81. The number of ether oxygens (including phenoxy) is 1. The molecule has 0 aliphatic carbocycles. The van der Waals surface area contributed by atoms with E-state index in [0.29, 0.717) is 13.2 Å². The first-order valence-corrected chi connectivity index (χ1v) is 5.81. The lowest BCUT2D eigenvalue weighted by atomic mass is 10.3. The number of H-pyrrole nitrogens is 1. The molecule has 0 aromatic carbocycles. The SMILES string of the molecule is CCc1nc(C(=O)N(CCOC)C(C)C)n[nH]1. The summed E-state index contributed by atoms with van der Waals surface area (Å²) < 4.78 is 4.99. The fourth-order valence-electron chi connectivity index (χ4n) is 1.46. The molecule has 0 unspecified atom stereocenters. The van der Waals surface area contributed by atoms with Crippen molar-refractivity contribution in [3.63, 3.8) is 0 Å². The minimum Gasteiger partial charge on any atom is -0.383 e. The highest BCUT2D eigenvalue weighted by atomic mass is 16.5. The standard InChI is InChI=1S/C11H20N4O2/c1-5-9-12-10(14-13-9)11(16)15(8(2)3)6-7-17-4/h8H,5-7H2,1-4H3,(H,12,13,14). The zero-order chi connectivity index (χ0) is 12.8. The summed E-state index contributed by atoms with van der Waals surface area (Å²) in [6.45, 7) is 6.93. The molecular formula is C11H20N4O2. The number of carbonyl (C=O) groups is 1. The van der Waals surface area contributed by atoms with Gasteiger partial charge in [-0.05, 0) is 13.8 Å². The van der Waals surface area contributed by atoms with Crippen LogP contribution in [0.1, 0.15) is 37.2 Å². The third kappa shape index (κ3) is 3.52. The number of aryl methyl sites for hydroxylation is 1. The van der Waals surface area contributed by atoms with E-state index >= 15 is 0 Å². The summed E-state index contributed by atoms with van der Waals surface area (Å²) in [6.07, 6.45) is 0.736. The van der Waals surface area contributed by atoms with Crippen LogP contribution in [-0.4, -0.2) is 52.3 Å². The Bertz CT molecular complexity index is 362. The molecule has 0 saturated heterocycles. The number of hydrogen-bond donors (Lipinski definition) is 1. The summed E-state index contributed by atoms with van der Waals surface area (Å²) in [5.41, 5.74) is 0. The molecule has 0 bridgehead atoms. The van der Waals surface area contributed by atoms with Crippen molar-refractivity contribution in [1.82, 2.24) is 20.1 Å². The Kier molecular flexibility index (Phi) is 5.09. The molecule has 96 valence electrons. The van der Waals surface area contributed by atoms with Crippen molar-refractivity contribution in [2.45, 2.75) is 33.2 Å². The molecule has 1 amide bonds. The Morgan fingerprint density at radius 2 is 2.24 bits per heavy atom. The second-order valence-electron chi connectivity index (χ2n) is 4.04. The Hall–Kier alpha value is -1.43. The molecule has 0 radical (unpaired) electrons. The third-order valence-electron chi connectivity index (χ3n) is 2.48.